The fourth-order valence-electron chi connectivity index (χ4n) is 4.10. The first-order valence-electron chi connectivity index (χ1n) is 9.38. The van der Waals surface area contributed by atoms with Crippen LogP contribution < -0.4 is 4.90 Å². The van der Waals surface area contributed by atoms with Gasteiger partial charge in [0.2, 0.25) is 0 Å². The molecule has 0 unspecified atom stereocenters. The van der Waals surface area contributed by atoms with Crippen LogP contribution >= 0.6 is 12.4 Å². The molecule has 0 fully saturated rings. The van der Waals surface area contributed by atoms with Crippen LogP contribution in [0.3, 0.4) is 0 Å². The van der Waals surface area contributed by atoms with E-state index in [-0.39, 0.29) is 12.4 Å². The molecule has 0 spiro atoms. The van der Waals surface area contributed by atoms with Crippen molar-refractivity contribution in [3.05, 3.63) is 53.2 Å². The fourth-order valence-corrected chi connectivity index (χ4v) is 4.10. The van der Waals surface area contributed by atoms with Gasteiger partial charge in [0.05, 0.1) is 23.9 Å². The molecule has 1 aromatic carbocycles. The summed E-state index contributed by atoms with van der Waals surface area (Å²) >= 11 is 0. The second-order valence-corrected chi connectivity index (χ2v) is 7.36. The first kappa shape index (κ1) is 19.5. The van der Waals surface area contributed by atoms with E-state index in [2.05, 4.69) is 58.6 Å². The van der Waals surface area contributed by atoms with Crippen LogP contribution in [0.2, 0.25) is 0 Å². The number of rotatable bonds is 4. The zero-order valence-electron chi connectivity index (χ0n) is 16.6. The maximum Gasteiger partial charge on any atom is 0.0951 e. The highest BCUT2D eigenvalue weighted by molar-refractivity contribution is 5.85. The predicted molar refractivity (Wildman–Crippen MR) is 113 cm³/mol. The minimum absolute atomic E-state index is 0. The fraction of sp³-hybridized carbons (Fsp3) is 0.429. The SMILES string of the molecule is Cc1nn(C)c(C)c1CCn1cncc1-c1ccc2c(c1)CCCN2C.Cl. The molecule has 6 heteroatoms. The Hall–Kier alpha value is -2.27. The Balaban J connectivity index is 0.00000210. The zero-order chi connectivity index (χ0) is 18.3. The van der Waals surface area contributed by atoms with Gasteiger partial charge in [-0.3, -0.25) is 4.68 Å². The number of imidazole rings is 1. The molecule has 0 bridgehead atoms. The quantitative estimate of drug-likeness (QED) is 0.682. The highest BCUT2D eigenvalue weighted by Gasteiger charge is 2.16. The third-order valence-electron chi connectivity index (χ3n) is 5.70. The van der Waals surface area contributed by atoms with Crippen molar-refractivity contribution in [2.45, 2.75) is 39.7 Å². The van der Waals surface area contributed by atoms with Crippen LogP contribution in [0.15, 0.2) is 30.7 Å². The van der Waals surface area contributed by atoms with Gasteiger partial charge in [-0.2, -0.15) is 5.10 Å². The number of nitrogens with zero attached hydrogens (tertiary/aromatic N) is 5. The lowest BCUT2D eigenvalue weighted by molar-refractivity contribution is 0.693. The summed E-state index contributed by atoms with van der Waals surface area (Å²) in [6, 6.07) is 6.84. The van der Waals surface area contributed by atoms with Crippen molar-refractivity contribution in [1.82, 2.24) is 19.3 Å². The molecule has 0 saturated heterocycles. The molecule has 0 N–H and O–H groups in total. The summed E-state index contributed by atoms with van der Waals surface area (Å²) in [4.78, 5) is 6.77. The molecule has 5 nitrogen and oxygen atoms in total. The van der Waals surface area contributed by atoms with Crippen molar-refractivity contribution >= 4 is 18.1 Å². The van der Waals surface area contributed by atoms with E-state index in [0.717, 1.165) is 31.6 Å². The molecule has 0 radical (unpaired) electrons. The molecule has 3 heterocycles. The molecular weight excluding hydrogens is 358 g/mol. The number of anilines is 1. The van der Waals surface area contributed by atoms with E-state index < -0.39 is 0 Å². The number of fused-ring (bicyclic) bond motifs is 1. The molecule has 0 aliphatic carbocycles. The van der Waals surface area contributed by atoms with Gasteiger partial charge in [0.1, 0.15) is 0 Å². The molecule has 27 heavy (non-hydrogen) atoms. The zero-order valence-corrected chi connectivity index (χ0v) is 17.4. The average molecular weight is 386 g/mol. The molecule has 2 aromatic heterocycles. The van der Waals surface area contributed by atoms with E-state index in [1.54, 1.807) is 0 Å². The van der Waals surface area contributed by atoms with Crippen LogP contribution in [0.5, 0.6) is 0 Å². The van der Waals surface area contributed by atoms with Gasteiger partial charge >= 0.3 is 0 Å². The Bertz CT molecular complexity index is 940. The Labute approximate surface area is 167 Å². The Morgan fingerprint density at radius 3 is 2.70 bits per heavy atom. The first-order chi connectivity index (χ1) is 12.5. The standard InChI is InChI=1S/C21H27N5.ClH/c1-15-19(16(2)25(4)23-15)9-11-26-14-22-13-21(26)18-7-8-20-17(12-18)6-5-10-24(20)3;/h7-8,12-14H,5-6,9-11H2,1-4H3;1H. The van der Waals surface area contributed by atoms with Crippen molar-refractivity contribution in [3.63, 3.8) is 0 Å². The van der Waals surface area contributed by atoms with Crippen molar-refractivity contribution in [2.24, 2.45) is 7.05 Å². The second-order valence-electron chi connectivity index (χ2n) is 7.36. The number of hydrogen-bond donors (Lipinski definition) is 0. The van der Waals surface area contributed by atoms with Gasteiger partial charge in [-0.15, -0.1) is 12.4 Å². The van der Waals surface area contributed by atoms with Gasteiger partial charge in [-0.1, -0.05) is 6.07 Å². The summed E-state index contributed by atoms with van der Waals surface area (Å²) in [5, 5.41) is 4.53. The topological polar surface area (TPSA) is 38.9 Å². The van der Waals surface area contributed by atoms with Crippen molar-refractivity contribution in [2.75, 3.05) is 18.5 Å². The molecule has 3 aromatic rings. The van der Waals surface area contributed by atoms with Gasteiger partial charge in [-0.05, 0) is 56.4 Å². The summed E-state index contributed by atoms with van der Waals surface area (Å²) in [6.07, 6.45) is 7.29. The van der Waals surface area contributed by atoms with Crippen LogP contribution in [0.4, 0.5) is 5.69 Å². The normalized spacial score (nSPS) is 13.4. The molecule has 144 valence electrons. The third kappa shape index (κ3) is 3.61. The summed E-state index contributed by atoms with van der Waals surface area (Å²) in [5.41, 5.74) is 9.00. The summed E-state index contributed by atoms with van der Waals surface area (Å²) < 4.78 is 4.24. The molecule has 4 rings (SSSR count). The Kier molecular flexibility index (Phi) is 5.61. The number of aryl methyl sites for hydroxylation is 4. The smallest absolute Gasteiger partial charge is 0.0951 e. The molecule has 1 aliphatic heterocycles. The molecule has 0 amide bonds. The van der Waals surface area contributed by atoms with Gasteiger partial charge in [-0.25, -0.2) is 4.98 Å². The summed E-state index contributed by atoms with van der Waals surface area (Å²) in [6.45, 7) is 6.30. The summed E-state index contributed by atoms with van der Waals surface area (Å²) in [5.74, 6) is 0. The Morgan fingerprint density at radius 1 is 1.15 bits per heavy atom. The Morgan fingerprint density at radius 2 is 1.96 bits per heavy atom. The van der Waals surface area contributed by atoms with Gasteiger partial charge in [0.15, 0.2) is 0 Å². The van der Waals surface area contributed by atoms with Gasteiger partial charge < -0.3 is 9.47 Å². The lowest BCUT2D eigenvalue weighted by Gasteiger charge is -2.27. The predicted octanol–water partition coefficient (Wildman–Crippen LogP) is 3.95. The van der Waals surface area contributed by atoms with Crippen LogP contribution in [-0.2, 0) is 26.4 Å². The number of aromatic nitrogens is 4. The van der Waals surface area contributed by atoms with Crippen LogP contribution in [0, 0.1) is 13.8 Å². The van der Waals surface area contributed by atoms with Crippen LogP contribution in [0.25, 0.3) is 11.3 Å². The lowest BCUT2D eigenvalue weighted by Crippen LogP contribution is -2.24. The largest absolute Gasteiger partial charge is 0.374 e. The van der Waals surface area contributed by atoms with E-state index >= 15 is 0 Å². The molecule has 0 atom stereocenters. The van der Waals surface area contributed by atoms with Crippen LogP contribution in [-0.4, -0.2) is 32.9 Å². The van der Waals surface area contributed by atoms with Crippen molar-refractivity contribution < 1.29 is 0 Å². The number of hydrogen-bond acceptors (Lipinski definition) is 3. The first-order valence-corrected chi connectivity index (χ1v) is 9.38. The lowest BCUT2D eigenvalue weighted by atomic mass is 9.98. The van der Waals surface area contributed by atoms with E-state index in [9.17, 15) is 0 Å². The molecule has 0 saturated carbocycles. The van der Waals surface area contributed by atoms with E-state index in [0.29, 0.717) is 0 Å². The maximum atomic E-state index is 4.53. The van der Waals surface area contributed by atoms with Gasteiger partial charge in [0.25, 0.3) is 0 Å². The maximum absolute atomic E-state index is 4.53. The van der Waals surface area contributed by atoms with E-state index in [1.807, 2.05) is 24.3 Å². The highest BCUT2D eigenvalue weighted by atomic mass is 35.5. The minimum Gasteiger partial charge on any atom is -0.374 e. The molecule has 1 aliphatic rings. The van der Waals surface area contributed by atoms with Gasteiger partial charge in [0, 0.05) is 44.1 Å². The summed E-state index contributed by atoms with van der Waals surface area (Å²) in [7, 11) is 4.19. The number of halogens is 1. The highest BCUT2D eigenvalue weighted by Crippen LogP contribution is 2.31. The van der Waals surface area contributed by atoms with Crippen molar-refractivity contribution in [1.29, 1.82) is 0 Å². The number of benzene rings is 1. The second kappa shape index (κ2) is 7.77. The minimum atomic E-state index is 0. The van der Waals surface area contributed by atoms with Crippen LogP contribution in [0.1, 0.15) is 28.9 Å². The third-order valence-corrected chi connectivity index (χ3v) is 5.70. The monoisotopic (exact) mass is 385 g/mol. The van der Waals surface area contributed by atoms with E-state index in [4.69, 9.17) is 0 Å². The van der Waals surface area contributed by atoms with Crippen molar-refractivity contribution in [3.8, 4) is 11.3 Å². The molecular formula is C21H28ClN5. The van der Waals surface area contributed by atoms with E-state index in [1.165, 1.54) is 40.2 Å². The average Bonchev–Trinajstić information content (AvgIpc) is 3.18.